The Kier molecular flexibility index (Phi) is 8.75. The van der Waals surface area contributed by atoms with Crippen molar-refractivity contribution in [3.63, 3.8) is 0 Å². The van der Waals surface area contributed by atoms with E-state index in [0.717, 1.165) is 80.9 Å². The van der Waals surface area contributed by atoms with Crippen LogP contribution >= 0.6 is 0 Å². The number of likely N-dealkylation sites (N-methyl/N-ethyl adjacent to an activating group) is 1. The molecule has 2 saturated heterocycles. The van der Waals surface area contributed by atoms with Crippen LogP contribution in [0, 0.1) is 0 Å². The summed E-state index contributed by atoms with van der Waals surface area (Å²) in [6.45, 7) is 5.75. The summed E-state index contributed by atoms with van der Waals surface area (Å²) < 4.78 is 65.4. The summed E-state index contributed by atoms with van der Waals surface area (Å²) in [7, 11) is -2.02. The van der Waals surface area contributed by atoms with E-state index in [4.69, 9.17) is 9.97 Å². The van der Waals surface area contributed by atoms with Crippen LogP contribution in [0.1, 0.15) is 31.2 Å². The quantitative estimate of drug-likeness (QED) is 0.449. The molecule has 37 heavy (non-hydrogen) atoms. The lowest BCUT2D eigenvalue weighted by Crippen LogP contribution is -2.35. The van der Waals surface area contributed by atoms with Crippen LogP contribution in [-0.2, 0) is 16.2 Å². The molecular formula is C24H34F3N7O2S. The molecule has 2 fully saturated rings. The van der Waals surface area contributed by atoms with Crippen LogP contribution in [0.25, 0.3) is 0 Å². The lowest BCUT2D eigenvalue weighted by atomic mass is 10.2. The first-order valence-electron chi connectivity index (χ1n) is 12.6. The van der Waals surface area contributed by atoms with Crippen molar-refractivity contribution in [3.8, 4) is 0 Å². The molecule has 0 amide bonds. The van der Waals surface area contributed by atoms with E-state index in [2.05, 4.69) is 19.8 Å². The Labute approximate surface area is 216 Å². The zero-order valence-electron chi connectivity index (χ0n) is 21.0. The summed E-state index contributed by atoms with van der Waals surface area (Å²) in [6.07, 6.45) is 0.114. The van der Waals surface area contributed by atoms with Gasteiger partial charge in [0.05, 0.1) is 10.5 Å². The highest BCUT2D eigenvalue weighted by atomic mass is 32.2. The SMILES string of the molecule is CN(CCNc1cc(N2CCCC2)nc(N2CCCC2)n1)CCNS(=O)(=O)c1ccc(C(F)(F)F)cc1. The first-order valence-corrected chi connectivity index (χ1v) is 14.1. The summed E-state index contributed by atoms with van der Waals surface area (Å²) in [6, 6.07) is 5.46. The number of halogens is 3. The Morgan fingerprint density at radius 1 is 0.919 bits per heavy atom. The van der Waals surface area contributed by atoms with Gasteiger partial charge in [0, 0.05) is 58.4 Å². The number of benzene rings is 1. The van der Waals surface area contributed by atoms with Crippen LogP contribution in [0.4, 0.5) is 30.8 Å². The van der Waals surface area contributed by atoms with E-state index in [1.54, 1.807) is 0 Å². The normalized spacial score (nSPS) is 16.7. The van der Waals surface area contributed by atoms with Crippen molar-refractivity contribution in [1.82, 2.24) is 19.6 Å². The van der Waals surface area contributed by atoms with Crippen LogP contribution in [-0.4, -0.2) is 82.7 Å². The molecule has 0 unspecified atom stereocenters. The van der Waals surface area contributed by atoms with E-state index in [1.165, 1.54) is 12.8 Å². The van der Waals surface area contributed by atoms with Gasteiger partial charge >= 0.3 is 6.18 Å². The van der Waals surface area contributed by atoms with E-state index in [9.17, 15) is 21.6 Å². The third kappa shape index (κ3) is 7.45. The Morgan fingerprint density at radius 3 is 2.14 bits per heavy atom. The van der Waals surface area contributed by atoms with Gasteiger partial charge in [0.2, 0.25) is 16.0 Å². The molecule has 2 aliphatic rings. The molecule has 0 radical (unpaired) electrons. The minimum absolute atomic E-state index is 0.131. The molecule has 2 aromatic rings. The number of hydrogen-bond donors (Lipinski definition) is 2. The standard InChI is InChI=1S/C24H34F3N7O2S/c1-32(17-11-29-37(35,36)20-8-6-19(7-9-20)24(25,26)27)16-10-28-21-18-22(33-12-2-3-13-33)31-23(30-21)34-14-4-5-15-34/h6-9,18,29H,2-5,10-17H2,1H3,(H,28,30,31). The van der Waals surface area contributed by atoms with Gasteiger partial charge in [-0.25, -0.2) is 13.1 Å². The molecule has 2 N–H and O–H groups in total. The molecule has 0 spiro atoms. The van der Waals surface area contributed by atoms with Crippen LogP contribution in [0.15, 0.2) is 35.2 Å². The maximum atomic E-state index is 12.7. The molecule has 3 heterocycles. The number of nitrogens with zero attached hydrogens (tertiary/aromatic N) is 5. The predicted octanol–water partition coefficient (Wildman–Crippen LogP) is 3.02. The van der Waals surface area contributed by atoms with Gasteiger partial charge in [-0.3, -0.25) is 0 Å². The largest absolute Gasteiger partial charge is 0.416 e. The lowest BCUT2D eigenvalue weighted by Gasteiger charge is -2.22. The molecule has 13 heteroatoms. The molecule has 204 valence electrons. The zero-order valence-corrected chi connectivity index (χ0v) is 21.8. The van der Waals surface area contributed by atoms with Crippen molar-refractivity contribution in [1.29, 1.82) is 0 Å². The second kappa shape index (κ2) is 11.8. The average molecular weight is 542 g/mol. The first-order chi connectivity index (χ1) is 17.6. The number of nitrogens with one attached hydrogen (secondary N) is 2. The number of hydrogen-bond acceptors (Lipinski definition) is 8. The Morgan fingerprint density at radius 2 is 1.51 bits per heavy atom. The van der Waals surface area contributed by atoms with E-state index in [1.807, 2.05) is 18.0 Å². The second-order valence-corrected chi connectivity index (χ2v) is 11.2. The smallest absolute Gasteiger partial charge is 0.369 e. The zero-order chi connectivity index (χ0) is 26.5. The van der Waals surface area contributed by atoms with Gasteiger partial charge < -0.3 is 20.0 Å². The van der Waals surface area contributed by atoms with Gasteiger partial charge in [-0.2, -0.15) is 23.1 Å². The van der Waals surface area contributed by atoms with Gasteiger partial charge in [-0.1, -0.05) is 0 Å². The summed E-state index contributed by atoms with van der Waals surface area (Å²) >= 11 is 0. The first kappa shape index (κ1) is 27.4. The molecule has 0 aliphatic carbocycles. The van der Waals surface area contributed by atoms with E-state index < -0.39 is 21.8 Å². The lowest BCUT2D eigenvalue weighted by molar-refractivity contribution is -0.137. The fourth-order valence-corrected chi connectivity index (χ4v) is 5.46. The third-order valence-corrected chi connectivity index (χ3v) is 8.07. The summed E-state index contributed by atoms with van der Waals surface area (Å²) in [5.74, 6) is 2.48. The van der Waals surface area contributed by atoms with Gasteiger partial charge in [0.1, 0.15) is 11.6 Å². The monoisotopic (exact) mass is 541 g/mol. The highest BCUT2D eigenvalue weighted by Crippen LogP contribution is 2.29. The summed E-state index contributed by atoms with van der Waals surface area (Å²) in [4.78, 5) is 15.8. The van der Waals surface area contributed by atoms with Gasteiger partial charge in [0.25, 0.3) is 0 Å². The maximum absolute atomic E-state index is 12.7. The average Bonchev–Trinajstić information content (AvgIpc) is 3.58. The second-order valence-electron chi connectivity index (χ2n) is 9.45. The number of sulfonamides is 1. The van der Waals surface area contributed by atoms with Crippen LogP contribution < -0.4 is 19.8 Å². The van der Waals surface area contributed by atoms with Crippen molar-refractivity contribution in [2.24, 2.45) is 0 Å². The maximum Gasteiger partial charge on any atom is 0.416 e. The molecule has 0 bridgehead atoms. The summed E-state index contributed by atoms with van der Waals surface area (Å²) in [5.41, 5.74) is -0.887. The fraction of sp³-hybridized carbons (Fsp3) is 0.583. The molecule has 2 aliphatic heterocycles. The van der Waals surface area contributed by atoms with Crippen LogP contribution in [0.3, 0.4) is 0 Å². The minimum Gasteiger partial charge on any atom is -0.369 e. The topological polar surface area (TPSA) is 93.7 Å². The summed E-state index contributed by atoms with van der Waals surface area (Å²) in [5, 5.41) is 3.38. The Bertz CT molecular complexity index is 1100. The van der Waals surface area contributed by atoms with E-state index >= 15 is 0 Å². The van der Waals surface area contributed by atoms with Crippen molar-refractivity contribution in [2.45, 2.75) is 36.8 Å². The Balaban J connectivity index is 1.26. The number of rotatable bonds is 11. The fourth-order valence-electron chi connectivity index (χ4n) is 4.44. The van der Waals surface area contributed by atoms with Crippen molar-refractivity contribution in [2.75, 3.05) is 74.5 Å². The molecule has 9 nitrogen and oxygen atoms in total. The van der Waals surface area contributed by atoms with E-state index in [-0.39, 0.29) is 11.4 Å². The third-order valence-electron chi connectivity index (χ3n) is 6.60. The molecule has 1 aromatic heterocycles. The molecule has 4 rings (SSSR count). The minimum atomic E-state index is -4.51. The molecule has 0 atom stereocenters. The van der Waals surface area contributed by atoms with Gasteiger partial charge in [0.15, 0.2) is 0 Å². The number of anilines is 3. The number of aromatic nitrogens is 2. The van der Waals surface area contributed by atoms with Gasteiger partial charge in [-0.05, 0) is 57.0 Å². The van der Waals surface area contributed by atoms with Crippen molar-refractivity contribution < 1.29 is 21.6 Å². The predicted molar refractivity (Wildman–Crippen MR) is 138 cm³/mol. The van der Waals surface area contributed by atoms with Gasteiger partial charge in [-0.15, -0.1) is 0 Å². The Hall–Kier alpha value is -2.64. The van der Waals surface area contributed by atoms with Crippen LogP contribution in [0.5, 0.6) is 0 Å². The van der Waals surface area contributed by atoms with Crippen molar-refractivity contribution in [3.05, 3.63) is 35.9 Å². The van der Waals surface area contributed by atoms with E-state index in [0.29, 0.717) is 19.6 Å². The molecule has 0 saturated carbocycles. The number of alkyl halides is 3. The van der Waals surface area contributed by atoms with Crippen LogP contribution in [0.2, 0.25) is 0 Å². The molecule has 1 aromatic carbocycles. The highest BCUT2D eigenvalue weighted by molar-refractivity contribution is 7.89. The highest BCUT2D eigenvalue weighted by Gasteiger charge is 2.30. The molecular weight excluding hydrogens is 507 g/mol. The van der Waals surface area contributed by atoms with Crippen molar-refractivity contribution >= 4 is 27.6 Å².